The highest BCUT2D eigenvalue weighted by molar-refractivity contribution is 7.91. The molecule has 160 valence electrons. The third-order valence-corrected chi connectivity index (χ3v) is 9.80. The fraction of sp³-hybridized carbons (Fsp3) is 0.333. The first-order chi connectivity index (χ1) is 14.3. The number of thiazole rings is 1. The number of methoxy groups -OCH3 is 1. The number of carbonyl (C=O) groups is 1. The van der Waals surface area contributed by atoms with Gasteiger partial charge in [-0.3, -0.25) is 4.79 Å². The maximum absolute atomic E-state index is 12.9. The molecule has 7 nitrogen and oxygen atoms in total. The molecule has 0 aliphatic carbocycles. The summed E-state index contributed by atoms with van der Waals surface area (Å²) < 4.78 is 33.7. The molecule has 1 fully saturated rings. The van der Waals surface area contributed by atoms with Gasteiger partial charge in [0.05, 0.1) is 27.1 Å². The van der Waals surface area contributed by atoms with Crippen molar-refractivity contribution in [2.24, 2.45) is 5.92 Å². The first-order valence-corrected chi connectivity index (χ1v) is 12.8. The Morgan fingerprint density at radius 1 is 1.27 bits per heavy atom. The Bertz CT molecular complexity index is 1210. The van der Waals surface area contributed by atoms with Crippen LogP contribution in [0, 0.1) is 5.92 Å². The van der Waals surface area contributed by atoms with Crippen LogP contribution in [0.15, 0.2) is 28.5 Å². The standard InChI is InChI=1S/C18H17Cl2N3O4S3/c1-27-12-5-4-11(19)16-15(12)21-18(29-16)22-17(24)10-3-2-8-23(9-10)30(25,26)14-7-6-13(20)28-14/h4-7,10H,2-3,8-9H2,1H3,(H,21,22,24). The van der Waals surface area contributed by atoms with Gasteiger partial charge in [0.1, 0.15) is 15.5 Å². The van der Waals surface area contributed by atoms with E-state index in [2.05, 4.69) is 10.3 Å². The lowest BCUT2D eigenvalue weighted by atomic mass is 9.99. The fourth-order valence-corrected chi connectivity index (χ4v) is 7.64. The lowest BCUT2D eigenvalue weighted by Crippen LogP contribution is -2.43. The summed E-state index contributed by atoms with van der Waals surface area (Å²) in [6.45, 7) is 0.480. The van der Waals surface area contributed by atoms with Crippen molar-refractivity contribution in [1.82, 2.24) is 9.29 Å². The third kappa shape index (κ3) is 4.17. The number of fused-ring (bicyclic) bond motifs is 1. The van der Waals surface area contributed by atoms with Crippen LogP contribution in [-0.4, -0.2) is 43.8 Å². The monoisotopic (exact) mass is 505 g/mol. The normalized spacial score (nSPS) is 17.9. The topological polar surface area (TPSA) is 88.6 Å². The summed E-state index contributed by atoms with van der Waals surface area (Å²) >= 11 is 14.4. The molecule has 1 aromatic carbocycles. The average molecular weight is 506 g/mol. The summed E-state index contributed by atoms with van der Waals surface area (Å²) in [5, 5.41) is 3.73. The van der Waals surface area contributed by atoms with Crippen LogP contribution in [-0.2, 0) is 14.8 Å². The van der Waals surface area contributed by atoms with Crippen molar-refractivity contribution >= 4 is 77.2 Å². The summed E-state index contributed by atoms with van der Waals surface area (Å²) in [7, 11) is -2.14. The molecule has 0 spiro atoms. The van der Waals surface area contributed by atoms with E-state index in [0.29, 0.717) is 49.8 Å². The number of nitrogens with one attached hydrogen (secondary N) is 1. The molecule has 0 saturated carbocycles. The predicted molar refractivity (Wildman–Crippen MR) is 121 cm³/mol. The zero-order valence-electron chi connectivity index (χ0n) is 15.7. The molecule has 12 heteroatoms. The first kappa shape index (κ1) is 21.8. The average Bonchev–Trinajstić information content (AvgIpc) is 3.36. The number of hydrogen-bond acceptors (Lipinski definition) is 7. The molecular formula is C18H17Cl2N3O4S3. The lowest BCUT2D eigenvalue weighted by Gasteiger charge is -2.30. The quantitative estimate of drug-likeness (QED) is 0.542. The van der Waals surface area contributed by atoms with Crippen molar-refractivity contribution in [3.05, 3.63) is 33.6 Å². The van der Waals surface area contributed by atoms with E-state index in [-0.39, 0.29) is 16.7 Å². The van der Waals surface area contributed by atoms with Crippen LogP contribution in [0.4, 0.5) is 5.13 Å². The zero-order chi connectivity index (χ0) is 21.5. The second kappa shape index (κ2) is 8.60. The van der Waals surface area contributed by atoms with Crippen molar-refractivity contribution in [3.63, 3.8) is 0 Å². The van der Waals surface area contributed by atoms with Crippen LogP contribution in [0.1, 0.15) is 12.8 Å². The van der Waals surface area contributed by atoms with E-state index in [1.54, 1.807) is 18.2 Å². The molecule has 1 unspecified atom stereocenters. The van der Waals surface area contributed by atoms with Crippen LogP contribution in [0.2, 0.25) is 9.36 Å². The molecule has 1 atom stereocenters. The molecular weight excluding hydrogens is 489 g/mol. The highest BCUT2D eigenvalue weighted by Crippen LogP contribution is 2.38. The molecule has 30 heavy (non-hydrogen) atoms. The van der Waals surface area contributed by atoms with Crippen molar-refractivity contribution < 1.29 is 17.9 Å². The molecule has 4 rings (SSSR count). The van der Waals surface area contributed by atoms with E-state index in [1.165, 1.54) is 28.8 Å². The summed E-state index contributed by atoms with van der Waals surface area (Å²) in [5.74, 6) is -0.183. The minimum Gasteiger partial charge on any atom is -0.494 e. The van der Waals surface area contributed by atoms with E-state index < -0.39 is 15.9 Å². The van der Waals surface area contributed by atoms with Crippen molar-refractivity contribution in [2.45, 2.75) is 17.1 Å². The van der Waals surface area contributed by atoms with Crippen LogP contribution < -0.4 is 10.1 Å². The second-order valence-corrected chi connectivity index (χ2v) is 12.0. The van der Waals surface area contributed by atoms with Gasteiger partial charge in [-0.05, 0) is 37.1 Å². The van der Waals surface area contributed by atoms with E-state index in [0.717, 1.165) is 11.3 Å². The predicted octanol–water partition coefficient (Wildman–Crippen LogP) is 4.71. The van der Waals surface area contributed by atoms with E-state index in [9.17, 15) is 13.2 Å². The molecule has 1 aliphatic rings. The van der Waals surface area contributed by atoms with Gasteiger partial charge in [0.25, 0.3) is 10.0 Å². The van der Waals surface area contributed by atoms with Gasteiger partial charge in [-0.2, -0.15) is 4.31 Å². The molecule has 1 N–H and O–H groups in total. The number of hydrogen-bond donors (Lipinski definition) is 1. The van der Waals surface area contributed by atoms with Gasteiger partial charge in [0.2, 0.25) is 5.91 Å². The van der Waals surface area contributed by atoms with Gasteiger partial charge in [-0.25, -0.2) is 13.4 Å². The summed E-state index contributed by atoms with van der Waals surface area (Å²) in [5.41, 5.74) is 0.577. The number of ether oxygens (including phenoxy) is 1. The number of rotatable bonds is 5. The van der Waals surface area contributed by atoms with Gasteiger partial charge in [0, 0.05) is 13.1 Å². The number of piperidine rings is 1. The Hall–Kier alpha value is -1.43. The molecule has 3 aromatic rings. The summed E-state index contributed by atoms with van der Waals surface area (Å²) in [4.78, 5) is 17.3. The molecule has 1 aliphatic heterocycles. The van der Waals surface area contributed by atoms with Gasteiger partial charge < -0.3 is 10.1 Å². The van der Waals surface area contributed by atoms with Gasteiger partial charge in [-0.15, -0.1) is 11.3 Å². The number of amides is 1. The fourth-order valence-electron chi connectivity index (χ4n) is 3.32. The Kier molecular flexibility index (Phi) is 6.25. The minimum atomic E-state index is -3.68. The van der Waals surface area contributed by atoms with Crippen LogP contribution in [0.25, 0.3) is 10.2 Å². The number of sulfonamides is 1. The number of nitrogens with zero attached hydrogens (tertiary/aromatic N) is 2. The van der Waals surface area contributed by atoms with E-state index in [1.807, 2.05) is 0 Å². The Balaban J connectivity index is 1.51. The van der Waals surface area contributed by atoms with Crippen molar-refractivity contribution in [1.29, 1.82) is 0 Å². The molecule has 1 amide bonds. The van der Waals surface area contributed by atoms with Crippen molar-refractivity contribution in [2.75, 3.05) is 25.5 Å². The Morgan fingerprint density at radius 2 is 2.07 bits per heavy atom. The van der Waals surface area contributed by atoms with Crippen LogP contribution >= 0.6 is 45.9 Å². The third-order valence-electron chi connectivity index (χ3n) is 4.81. The zero-order valence-corrected chi connectivity index (χ0v) is 19.7. The number of benzene rings is 1. The second-order valence-electron chi connectivity index (χ2n) is 6.70. The summed E-state index contributed by atoms with van der Waals surface area (Å²) in [6, 6.07) is 6.48. The smallest absolute Gasteiger partial charge is 0.252 e. The molecule has 3 heterocycles. The SMILES string of the molecule is COc1ccc(Cl)c2sc(NC(=O)C3CCCN(S(=O)(=O)c4ccc(Cl)s4)C3)nc12. The number of anilines is 1. The Labute approximate surface area is 191 Å². The lowest BCUT2D eigenvalue weighted by molar-refractivity contribution is -0.120. The number of thiophene rings is 1. The van der Waals surface area contributed by atoms with E-state index >= 15 is 0 Å². The maximum atomic E-state index is 12.9. The highest BCUT2D eigenvalue weighted by Gasteiger charge is 2.34. The first-order valence-electron chi connectivity index (χ1n) is 8.99. The number of aromatic nitrogens is 1. The maximum Gasteiger partial charge on any atom is 0.252 e. The highest BCUT2D eigenvalue weighted by atomic mass is 35.5. The van der Waals surface area contributed by atoms with Gasteiger partial charge in [-0.1, -0.05) is 34.5 Å². The van der Waals surface area contributed by atoms with Crippen molar-refractivity contribution in [3.8, 4) is 5.75 Å². The Morgan fingerprint density at radius 3 is 2.77 bits per heavy atom. The molecule has 2 aromatic heterocycles. The minimum absolute atomic E-state index is 0.110. The number of halogens is 2. The summed E-state index contributed by atoms with van der Waals surface area (Å²) in [6.07, 6.45) is 1.19. The molecule has 0 bridgehead atoms. The number of carbonyl (C=O) groups excluding carboxylic acids is 1. The molecule has 1 saturated heterocycles. The molecule has 0 radical (unpaired) electrons. The van der Waals surface area contributed by atoms with Gasteiger partial charge in [0.15, 0.2) is 5.13 Å². The van der Waals surface area contributed by atoms with Crippen LogP contribution in [0.5, 0.6) is 5.75 Å². The van der Waals surface area contributed by atoms with Gasteiger partial charge >= 0.3 is 0 Å². The van der Waals surface area contributed by atoms with E-state index in [4.69, 9.17) is 27.9 Å². The largest absolute Gasteiger partial charge is 0.494 e. The van der Waals surface area contributed by atoms with Crippen LogP contribution in [0.3, 0.4) is 0 Å².